The highest BCUT2D eigenvalue weighted by atomic mass is 79.9. The van der Waals surface area contributed by atoms with E-state index in [1.54, 1.807) is 12.1 Å². The van der Waals surface area contributed by atoms with Gasteiger partial charge >= 0.3 is 0 Å². The fourth-order valence-corrected chi connectivity index (χ4v) is 2.00. The molecule has 80 valence electrons. The van der Waals surface area contributed by atoms with Crippen LogP contribution in [0.2, 0.25) is 0 Å². The summed E-state index contributed by atoms with van der Waals surface area (Å²) in [5.74, 6) is 1.09. The van der Waals surface area contributed by atoms with Gasteiger partial charge in [0.1, 0.15) is 5.75 Å². The Morgan fingerprint density at radius 1 is 1.53 bits per heavy atom. The maximum Gasteiger partial charge on any atom is 0.273 e. The second kappa shape index (κ2) is 4.18. The number of rotatable bonds is 4. The fourth-order valence-electron chi connectivity index (χ4n) is 1.25. The summed E-state index contributed by atoms with van der Waals surface area (Å²) in [5, 5.41) is 10.5. The summed E-state index contributed by atoms with van der Waals surface area (Å²) in [4.78, 5) is 10.1. The van der Waals surface area contributed by atoms with Crippen LogP contribution in [0.15, 0.2) is 24.3 Å². The Morgan fingerprint density at radius 3 is 2.87 bits per heavy atom. The molecule has 1 atom stereocenters. The van der Waals surface area contributed by atoms with Crippen molar-refractivity contribution in [2.24, 2.45) is 5.92 Å². The molecule has 1 aliphatic rings. The van der Waals surface area contributed by atoms with E-state index >= 15 is 0 Å². The Bertz CT molecular complexity index is 379. The van der Waals surface area contributed by atoms with Crippen LogP contribution < -0.4 is 4.74 Å². The molecule has 0 bridgehead atoms. The molecule has 1 fully saturated rings. The van der Waals surface area contributed by atoms with Gasteiger partial charge in [0.15, 0.2) is 5.01 Å². The van der Waals surface area contributed by atoms with Gasteiger partial charge in [0, 0.05) is 12.0 Å². The quantitative estimate of drug-likeness (QED) is 0.480. The van der Waals surface area contributed by atoms with Gasteiger partial charge in [0.25, 0.3) is 5.69 Å². The maximum atomic E-state index is 10.5. The van der Waals surface area contributed by atoms with E-state index in [0.29, 0.717) is 11.7 Å². The molecule has 0 amide bonds. The van der Waals surface area contributed by atoms with Crippen LogP contribution in [0.1, 0.15) is 12.8 Å². The Balaban J connectivity index is 2.07. The summed E-state index contributed by atoms with van der Waals surface area (Å²) < 4.78 is 5.54. The first kappa shape index (κ1) is 10.4. The van der Waals surface area contributed by atoms with Crippen LogP contribution in [0, 0.1) is 16.0 Å². The second-order valence-corrected chi connectivity index (χ2v) is 4.46. The van der Waals surface area contributed by atoms with Gasteiger partial charge in [0.05, 0.1) is 11.0 Å². The van der Waals surface area contributed by atoms with Crippen molar-refractivity contribution >= 4 is 21.6 Å². The summed E-state index contributed by atoms with van der Waals surface area (Å²) >= 11 is 3.41. The number of non-ortho nitro benzene ring substituents is 1. The molecule has 5 heteroatoms. The molecule has 0 saturated heterocycles. The highest BCUT2D eigenvalue weighted by Crippen LogP contribution is 2.37. The highest BCUT2D eigenvalue weighted by molar-refractivity contribution is 9.09. The molecule has 0 radical (unpaired) electrons. The van der Waals surface area contributed by atoms with Crippen molar-refractivity contribution < 1.29 is 9.66 Å². The normalized spacial score (nSPS) is 17.1. The largest absolute Gasteiger partial charge is 0.479 e. The van der Waals surface area contributed by atoms with E-state index < -0.39 is 4.92 Å². The third kappa shape index (κ3) is 2.68. The van der Waals surface area contributed by atoms with E-state index in [0.717, 1.165) is 12.8 Å². The molecule has 1 aliphatic carbocycles. The van der Waals surface area contributed by atoms with Gasteiger partial charge in [-0.25, -0.2) is 0 Å². The summed E-state index contributed by atoms with van der Waals surface area (Å²) in [5.41, 5.74) is 0.0583. The SMILES string of the molecule is O=[N+]([O-])c1cccc(OC(Br)C2CC2)c1. The van der Waals surface area contributed by atoms with Crippen LogP contribution in [0.4, 0.5) is 5.69 Å². The number of halogens is 1. The molecule has 4 nitrogen and oxygen atoms in total. The summed E-state index contributed by atoms with van der Waals surface area (Å²) in [6.07, 6.45) is 2.32. The molecule has 1 aromatic carbocycles. The Labute approximate surface area is 95.5 Å². The lowest BCUT2D eigenvalue weighted by Crippen LogP contribution is -2.10. The molecule has 15 heavy (non-hydrogen) atoms. The van der Waals surface area contributed by atoms with E-state index in [-0.39, 0.29) is 10.7 Å². The van der Waals surface area contributed by atoms with Gasteiger partial charge in [0.2, 0.25) is 0 Å². The van der Waals surface area contributed by atoms with Crippen molar-refractivity contribution in [3.63, 3.8) is 0 Å². The number of hydrogen-bond acceptors (Lipinski definition) is 3. The molecule has 1 saturated carbocycles. The maximum absolute atomic E-state index is 10.5. The number of benzene rings is 1. The number of hydrogen-bond donors (Lipinski definition) is 0. The first-order valence-corrected chi connectivity index (χ1v) is 5.63. The molecule has 2 rings (SSSR count). The smallest absolute Gasteiger partial charge is 0.273 e. The topological polar surface area (TPSA) is 52.4 Å². The van der Waals surface area contributed by atoms with E-state index in [2.05, 4.69) is 15.9 Å². The minimum atomic E-state index is -0.423. The van der Waals surface area contributed by atoms with Crippen molar-refractivity contribution in [2.45, 2.75) is 17.9 Å². The van der Waals surface area contributed by atoms with E-state index in [1.807, 2.05) is 0 Å². The number of ether oxygens (including phenoxy) is 1. The van der Waals surface area contributed by atoms with Crippen LogP contribution in [0.25, 0.3) is 0 Å². The van der Waals surface area contributed by atoms with Gasteiger partial charge in [-0.05, 0) is 34.8 Å². The number of nitrogens with zero attached hydrogens (tertiary/aromatic N) is 1. The summed E-state index contributed by atoms with van der Waals surface area (Å²) in [6.45, 7) is 0. The predicted octanol–water partition coefficient (Wildman–Crippen LogP) is 3.10. The molecule has 1 unspecified atom stereocenters. The van der Waals surface area contributed by atoms with Crippen molar-refractivity contribution in [3.8, 4) is 5.75 Å². The van der Waals surface area contributed by atoms with Crippen LogP contribution in [-0.2, 0) is 0 Å². The number of alkyl halides is 1. The molecule has 0 aliphatic heterocycles. The standard InChI is InChI=1S/C10H10BrNO3/c11-10(7-4-5-7)15-9-3-1-2-8(6-9)12(13)14/h1-3,6-7,10H,4-5H2. The minimum absolute atomic E-state index is 0.0282. The lowest BCUT2D eigenvalue weighted by molar-refractivity contribution is -0.384. The van der Waals surface area contributed by atoms with Crippen molar-refractivity contribution in [1.29, 1.82) is 0 Å². The molecule has 0 aromatic heterocycles. The Kier molecular flexibility index (Phi) is 2.90. The zero-order valence-electron chi connectivity index (χ0n) is 7.93. The number of nitro groups is 1. The van der Waals surface area contributed by atoms with Gasteiger partial charge in [-0.1, -0.05) is 6.07 Å². The lowest BCUT2D eigenvalue weighted by atomic mass is 10.3. The summed E-state index contributed by atoms with van der Waals surface area (Å²) in [6, 6.07) is 6.24. The minimum Gasteiger partial charge on any atom is -0.479 e. The molecule has 0 N–H and O–H groups in total. The van der Waals surface area contributed by atoms with Crippen molar-refractivity contribution in [2.75, 3.05) is 0 Å². The molecule has 0 spiro atoms. The second-order valence-electron chi connectivity index (χ2n) is 3.56. The van der Waals surface area contributed by atoms with E-state index in [9.17, 15) is 10.1 Å². The average Bonchev–Trinajstić information content (AvgIpc) is 3.01. The van der Waals surface area contributed by atoms with Crippen molar-refractivity contribution in [1.82, 2.24) is 0 Å². The molecule has 0 heterocycles. The number of nitro benzene ring substituents is 1. The summed E-state index contributed by atoms with van der Waals surface area (Å²) in [7, 11) is 0. The van der Waals surface area contributed by atoms with Gasteiger partial charge in [-0.3, -0.25) is 10.1 Å². The Morgan fingerprint density at radius 2 is 2.27 bits per heavy atom. The van der Waals surface area contributed by atoms with Crippen molar-refractivity contribution in [3.05, 3.63) is 34.4 Å². The predicted molar refractivity (Wildman–Crippen MR) is 59.2 cm³/mol. The van der Waals surface area contributed by atoms with Crippen LogP contribution in [0.3, 0.4) is 0 Å². The highest BCUT2D eigenvalue weighted by Gasteiger charge is 2.31. The average molecular weight is 272 g/mol. The lowest BCUT2D eigenvalue weighted by Gasteiger charge is -2.11. The zero-order valence-corrected chi connectivity index (χ0v) is 9.51. The Hall–Kier alpha value is -1.10. The van der Waals surface area contributed by atoms with Crippen LogP contribution >= 0.6 is 15.9 Å². The monoisotopic (exact) mass is 271 g/mol. The molecular weight excluding hydrogens is 262 g/mol. The first-order valence-electron chi connectivity index (χ1n) is 4.72. The first-order chi connectivity index (χ1) is 7.16. The van der Waals surface area contributed by atoms with Crippen LogP contribution in [0.5, 0.6) is 5.75 Å². The van der Waals surface area contributed by atoms with Gasteiger partial charge in [-0.2, -0.15) is 0 Å². The third-order valence-electron chi connectivity index (χ3n) is 2.27. The van der Waals surface area contributed by atoms with Gasteiger partial charge < -0.3 is 4.74 Å². The van der Waals surface area contributed by atoms with E-state index in [1.165, 1.54) is 12.1 Å². The molecule has 1 aromatic rings. The fraction of sp³-hybridized carbons (Fsp3) is 0.400. The van der Waals surface area contributed by atoms with Crippen LogP contribution in [-0.4, -0.2) is 9.94 Å². The third-order valence-corrected chi connectivity index (χ3v) is 3.20. The molecular formula is C10H10BrNO3. The van der Waals surface area contributed by atoms with E-state index in [4.69, 9.17) is 4.74 Å². The van der Waals surface area contributed by atoms with Gasteiger partial charge in [-0.15, -0.1) is 0 Å². The zero-order chi connectivity index (χ0) is 10.8.